The number of hydrogen-bond donors (Lipinski definition) is 0. The van der Waals surface area contributed by atoms with Crippen LogP contribution in [0.1, 0.15) is 27.7 Å². The summed E-state index contributed by atoms with van der Waals surface area (Å²) in [6.07, 6.45) is 5.10. The maximum Gasteiger partial charge on any atom is 0.169 e. The Balaban J connectivity index is 3.03. The van der Waals surface area contributed by atoms with Gasteiger partial charge in [0.2, 0.25) is 0 Å². The molecule has 0 aromatic rings. The molecule has 0 saturated carbocycles. The lowest BCUT2D eigenvalue weighted by Crippen LogP contribution is -2.23. The summed E-state index contributed by atoms with van der Waals surface area (Å²) in [5, 5.41) is 0. The van der Waals surface area contributed by atoms with Gasteiger partial charge in [0.1, 0.15) is 5.78 Å². The molecule has 0 N–H and O–H groups in total. The van der Waals surface area contributed by atoms with Crippen molar-refractivity contribution in [3.63, 3.8) is 0 Å². The topological polar surface area (TPSA) is 34.1 Å². The minimum absolute atomic E-state index is 0.00903. The molecule has 0 saturated heterocycles. The Morgan fingerprint density at radius 3 is 2.29 bits per heavy atom. The largest absolute Gasteiger partial charge is 0.299 e. The van der Waals surface area contributed by atoms with Crippen molar-refractivity contribution in [1.82, 2.24) is 0 Å². The predicted molar refractivity (Wildman–Crippen MR) is 55.9 cm³/mol. The van der Waals surface area contributed by atoms with Gasteiger partial charge < -0.3 is 0 Å². The summed E-state index contributed by atoms with van der Waals surface area (Å²) in [5.41, 5.74) is 1.04. The van der Waals surface area contributed by atoms with E-state index in [4.69, 9.17) is 0 Å². The first-order valence-electron chi connectivity index (χ1n) is 4.77. The molecule has 76 valence electrons. The molecule has 0 spiro atoms. The van der Waals surface area contributed by atoms with Crippen molar-refractivity contribution in [2.45, 2.75) is 27.7 Å². The van der Waals surface area contributed by atoms with Crippen LogP contribution in [0.5, 0.6) is 0 Å². The van der Waals surface area contributed by atoms with Crippen LogP contribution < -0.4 is 0 Å². The Kier molecular flexibility index (Phi) is 2.74. The maximum atomic E-state index is 11.4. The van der Waals surface area contributed by atoms with Gasteiger partial charge in [-0.15, -0.1) is 0 Å². The van der Waals surface area contributed by atoms with E-state index >= 15 is 0 Å². The molecule has 1 aliphatic rings. The standard InChI is InChI=1S/C12H16O2/c1-8(13)10-7-9(12(2,3)4)5-6-11(10)14/h5-7,10H,1-4H3. The Hall–Kier alpha value is -1.18. The van der Waals surface area contributed by atoms with Crippen molar-refractivity contribution in [1.29, 1.82) is 0 Å². The van der Waals surface area contributed by atoms with Crippen molar-refractivity contribution >= 4 is 11.6 Å². The summed E-state index contributed by atoms with van der Waals surface area (Å²) < 4.78 is 0. The van der Waals surface area contributed by atoms with Crippen LogP contribution in [0.2, 0.25) is 0 Å². The second-order valence-electron chi connectivity index (χ2n) is 4.70. The first kappa shape index (κ1) is 10.9. The van der Waals surface area contributed by atoms with E-state index in [0.717, 1.165) is 5.57 Å². The molecule has 0 heterocycles. The molecule has 14 heavy (non-hydrogen) atoms. The Morgan fingerprint density at radius 1 is 1.29 bits per heavy atom. The van der Waals surface area contributed by atoms with Gasteiger partial charge in [-0.1, -0.05) is 32.9 Å². The Labute approximate surface area is 84.7 Å². The first-order chi connectivity index (χ1) is 6.32. The predicted octanol–water partition coefficient (Wildman–Crippen LogP) is 2.30. The highest BCUT2D eigenvalue weighted by molar-refractivity contribution is 6.09. The second-order valence-corrected chi connectivity index (χ2v) is 4.70. The van der Waals surface area contributed by atoms with Crippen molar-refractivity contribution in [3.05, 3.63) is 23.8 Å². The molecule has 0 bridgehead atoms. The fourth-order valence-electron chi connectivity index (χ4n) is 1.41. The van der Waals surface area contributed by atoms with Crippen molar-refractivity contribution < 1.29 is 9.59 Å². The van der Waals surface area contributed by atoms with Gasteiger partial charge >= 0.3 is 0 Å². The highest BCUT2D eigenvalue weighted by Gasteiger charge is 2.26. The van der Waals surface area contributed by atoms with Crippen molar-refractivity contribution in [2.24, 2.45) is 11.3 Å². The molecule has 0 amide bonds. The van der Waals surface area contributed by atoms with E-state index in [1.807, 2.05) is 6.08 Å². The van der Waals surface area contributed by atoms with Gasteiger partial charge in [0.15, 0.2) is 5.78 Å². The third-order valence-electron chi connectivity index (χ3n) is 2.38. The second kappa shape index (κ2) is 3.52. The minimum Gasteiger partial charge on any atom is -0.299 e. The molecule has 1 rings (SSSR count). The normalized spacial score (nSPS) is 22.1. The SMILES string of the molecule is CC(=O)C1C=C(C(C)(C)C)C=CC1=O. The molecule has 2 heteroatoms. The van der Waals surface area contributed by atoms with Crippen LogP contribution in [0.3, 0.4) is 0 Å². The summed E-state index contributed by atoms with van der Waals surface area (Å²) in [6.45, 7) is 7.65. The van der Waals surface area contributed by atoms with E-state index in [2.05, 4.69) is 20.8 Å². The third kappa shape index (κ3) is 2.19. The van der Waals surface area contributed by atoms with Crippen LogP contribution >= 0.6 is 0 Å². The van der Waals surface area contributed by atoms with Crippen LogP contribution in [-0.4, -0.2) is 11.6 Å². The van der Waals surface area contributed by atoms with Gasteiger partial charge in [-0.05, 0) is 24.0 Å². The lowest BCUT2D eigenvalue weighted by atomic mass is 9.80. The van der Waals surface area contributed by atoms with Crippen LogP contribution in [0.4, 0.5) is 0 Å². The number of allylic oxidation sites excluding steroid dienone is 4. The van der Waals surface area contributed by atoms with Gasteiger partial charge in [-0.25, -0.2) is 0 Å². The monoisotopic (exact) mass is 192 g/mol. The quantitative estimate of drug-likeness (QED) is 0.597. The van der Waals surface area contributed by atoms with E-state index < -0.39 is 5.92 Å². The Bertz CT molecular complexity index is 327. The third-order valence-corrected chi connectivity index (χ3v) is 2.38. The van der Waals surface area contributed by atoms with E-state index in [1.54, 1.807) is 6.08 Å². The molecular weight excluding hydrogens is 176 g/mol. The molecule has 2 nitrogen and oxygen atoms in total. The molecule has 1 aliphatic carbocycles. The van der Waals surface area contributed by atoms with Crippen LogP contribution in [0.15, 0.2) is 23.8 Å². The fourth-order valence-corrected chi connectivity index (χ4v) is 1.41. The lowest BCUT2D eigenvalue weighted by Gasteiger charge is -2.24. The fraction of sp³-hybridized carbons (Fsp3) is 0.500. The zero-order valence-electron chi connectivity index (χ0n) is 9.13. The number of carbonyl (C=O) groups excluding carboxylic acids is 2. The smallest absolute Gasteiger partial charge is 0.169 e. The molecule has 0 aromatic heterocycles. The molecule has 0 aromatic carbocycles. The summed E-state index contributed by atoms with van der Waals surface area (Å²) in [5.74, 6) is -0.749. The van der Waals surface area contributed by atoms with Crippen molar-refractivity contribution in [2.75, 3.05) is 0 Å². The zero-order valence-corrected chi connectivity index (χ0v) is 9.13. The molecular formula is C12H16O2. The van der Waals surface area contributed by atoms with Gasteiger partial charge in [0.05, 0.1) is 5.92 Å². The molecule has 0 radical (unpaired) electrons. The highest BCUT2D eigenvalue weighted by Crippen LogP contribution is 2.30. The van der Waals surface area contributed by atoms with E-state index in [9.17, 15) is 9.59 Å². The Morgan fingerprint density at radius 2 is 1.86 bits per heavy atom. The van der Waals surface area contributed by atoms with Crippen molar-refractivity contribution in [3.8, 4) is 0 Å². The number of carbonyl (C=O) groups is 2. The minimum atomic E-state index is -0.561. The molecule has 1 atom stereocenters. The number of hydrogen-bond acceptors (Lipinski definition) is 2. The van der Waals surface area contributed by atoms with Gasteiger partial charge in [0.25, 0.3) is 0 Å². The average molecular weight is 192 g/mol. The van der Waals surface area contributed by atoms with Gasteiger partial charge in [-0.3, -0.25) is 9.59 Å². The number of Topliss-reactive ketones (excluding diaryl/α,β-unsaturated/α-hetero) is 1. The zero-order chi connectivity index (χ0) is 10.9. The number of ketones is 2. The van der Waals surface area contributed by atoms with E-state index in [-0.39, 0.29) is 17.0 Å². The summed E-state index contributed by atoms with van der Waals surface area (Å²) >= 11 is 0. The highest BCUT2D eigenvalue weighted by atomic mass is 16.1. The average Bonchev–Trinajstić information content (AvgIpc) is 2.02. The maximum absolute atomic E-state index is 11.4. The van der Waals surface area contributed by atoms with Crippen LogP contribution in [0, 0.1) is 11.3 Å². The van der Waals surface area contributed by atoms with Gasteiger partial charge in [-0.2, -0.15) is 0 Å². The van der Waals surface area contributed by atoms with E-state index in [1.165, 1.54) is 13.0 Å². The number of rotatable bonds is 1. The summed E-state index contributed by atoms with van der Waals surface area (Å²) in [4.78, 5) is 22.5. The molecule has 1 unspecified atom stereocenters. The summed E-state index contributed by atoms with van der Waals surface area (Å²) in [7, 11) is 0. The molecule has 0 aliphatic heterocycles. The van der Waals surface area contributed by atoms with E-state index in [0.29, 0.717) is 0 Å². The van der Waals surface area contributed by atoms with Gasteiger partial charge in [0, 0.05) is 0 Å². The van der Waals surface area contributed by atoms with Crippen LogP contribution in [-0.2, 0) is 9.59 Å². The first-order valence-corrected chi connectivity index (χ1v) is 4.77. The molecule has 0 fully saturated rings. The summed E-state index contributed by atoms with van der Waals surface area (Å²) in [6, 6.07) is 0. The lowest BCUT2D eigenvalue weighted by molar-refractivity contribution is -0.127. The van der Waals surface area contributed by atoms with Crippen LogP contribution in [0.25, 0.3) is 0 Å².